The van der Waals surface area contributed by atoms with Gasteiger partial charge in [-0.3, -0.25) is 4.79 Å². The van der Waals surface area contributed by atoms with Crippen LogP contribution in [-0.2, 0) is 12.8 Å². The van der Waals surface area contributed by atoms with Gasteiger partial charge >= 0.3 is 0 Å². The Hall–Kier alpha value is -2.01. The molecule has 2 aromatic rings. The van der Waals surface area contributed by atoms with Crippen LogP contribution < -0.4 is 14.8 Å². The van der Waals surface area contributed by atoms with Crippen molar-refractivity contribution in [2.75, 3.05) is 14.2 Å². The van der Waals surface area contributed by atoms with Crippen molar-refractivity contribution in [2.24, 2.45) is 0 Å². The summed E-state index contributed by atoms with van der Waals surface area (Å²) in [5.41, 5.74) is 2.25. The molecule has 0 bridgehead atoms. The summed E-state index contributed by atoms with van der Waals surface area (Å²) in [6.45, 7) is 1.95. The van der Waals surface area contributed by atoms with Gasteiger partial charge in [-0.05, 0) is 56.0 Å². The van der Waals surface area contributed by atoms with Crippen molar-refractivity contribution in [3.63, 3.8) is 0 Å². The van der Waals surface area contributed by atoms with Crippen molar-refractivity contribution in [1.29, 1.82) is 0 Å². The maximum atomic E-state index is 12.5. The van der Waals surface area contributed by atoms with Gasteiger partial charge < -0.3 is 14.8 Å². The Kier molecular flexibility index (Phi) is 4.57. The maximum Gasteiger partial charge on any atom is 0.261 e. The van der Waals surface area contributed by atoms with Crippen LogP contribution in [0.15, 0.2) is 24.3 Å². The third-order valence-corrected chi connectivity index (χ3v) is 5.46. The predicted molar refractivity (Wildman–Crippen MR) is 91.8 cm³/mol. The summed E-state index contributed by atoms with van der Waals surface area (Å²) in [4.78, 5) is 14.7. The lowest BCUT2D eigenvalue weighted by molar-refractivity contribution is 0.0943. The van der Waals surface area contributed by atoms with Crippen molar-refractivity contribution in [3.8, 4) is 11.5 Å². The molecule has 1 amide bonds. The first-order valence-electron chi connectivity index (χ1n) is 7.76. The van der Waals surface area contributed by atoms with E-state index in [9.17, 15) is 4.79 Å². The molecule has 4 nitrogen and oxygen atoms in total. The van der Waals surface area contributed by atoms with Crippen LogP contribution >= 0.6 is 11.3 Å². The molecular weight excluding hydrogens is 310 g/mol. The highest BCUT2D eigenvalue weighted by Gasteiger charge is 2.21. The Morgan fingerprint density at radius 3 is 2.74 bits per heavy atom. The fourth-order valence-electron chi connectivity index (χ4n) is 2.96. The molecule has 0 saturated carbocycles. The largest absolute Gasteiger partial charge is 0.497 e. The van der Waals surface area contributed by atoms with Crippen LogP contribution in [-0.4, -0.2) is 20.1 Å². The van der Waals surface area contributed by atoms with E-state index in [4.69, 9.17) is 9.47 Å². The number of thiophene rings is 1. The molecule has 3 rings (SSSR count). The topological polar surface area (TPSA) is 47.6 Å². The van der Waals surface area contributed by atoms with E-state index < -0.39 is 0 Å². The van der Waals surface area contributed by atoms with Crippen molar-refractivity contribution in [1.82, 2.24) is 5.32 Å². The SMILES string of the molecule is COc1ccc(OC)c([C@H](C)NC(=O)c2cc3c(s2)CCC3)c1. The van der Waals surface area contributed by atoms with Gasteiger partial charge in [-0.25, -0.2) is 0 Å². The smallest absolute Gasteiger partial charge is 0.261 e. The van der Waals surface area contributed by atoms with E-state index in [0.717, 1.165) is 34.8 Å². The van der Waals surface area contributed by atoms with Crippen LogP contribution in [0.2, 0.25) is 0 Å². The van der Waals surface area contributed by atoms with Crippen LogP contribution in [0.4, 0.5) is 0 Å². The van der Waals surface area contributed by atoms with Gasteiger partial charge in [0.05, 0.1) is 25.1 Å². The van der Waals surface area contributed by atoms with Crippen LogP contribution in [0.5, 0.6) is 11.5 Å². The van der Waals surface area contributed by atoms with Crippen molar-refractivity contribution < 1.29 is 14.3 Å². The monoisotopic (exact) mass is 331 g/mol. The van der Waals surface area contributed by atoms with E-state index in [2.05, 4.69) is 5.32 Å². The zero-order valence-electron chi connectivity index (χ0n) is 13.6. The Balaban J connectivity index is 1.77. The molecule has 1 aliphatic carbocycles. The normalized spacial score (nSPS) is 14.2. The molecule has 1 heterocycles. The molecule has 0 fully saturated rings. The minimum absolute atomic E-state index is 0.0261. The summed E-state index contributed by atoms with van der Waals surface area (Å²) >= 11 is 1.62. The molecule has 1 aromatic heterocycles. The zero-order valence-corrected chi connectivity index (χ0v) is 14.5. The number of methoxy groups -OCH3 is 2. The molecule has 5 heteroatoms. The van der Waals surface area contributed by atoms with E-state index in [0.29, 0.717) is 0 Å². The fraction of sp³-hybridized carbons (Fsp3) is 0.389. The maximum absolute atomic E-state index is 12.5. The molecule has 122 valence electrons. The molecule has 0 saturated heterocycles. The third-order valence-electron chi connectivity index (χ3n) is 4.22. The number of amides is 1. The molecule has 0 aliphatic heterocycles. The van der Waals surface area contributed by atoms with Crippen molar-refractivity contribution in [3.05, 3.63) is 45.1 Å². The van der Waals surface area contributed by atoms with Gasteiger partial charge in [-0.2, -0.15) is 0 Å². The van der Waals surface area contributed by atoms with Crippen LogP contribution in [0.25, 0.3) is 0 Å². The number of rotatable bonds is 5. The van der Waals surface area contributed by atoms with Gasteiger partial charge in [0.15, 0.2) is 0 Å². The number of fused-ring (bicyclic) bond motifs is 1. The van der Waals surface area contributed by atoms with E-state index in [-0.39, 0.29) is 11.9 Å². The Bertz CT molecular complexity index is 702. The van der Waals surface area contributed by atoms with Crippen molar-refractivity contribution >= 4 is 17.2 Å². The van der Waals surface area contributed by atoms with Gasteiger partial charge in [-0.1, -0.05) is 0 Å². The van der Waals surface area contributed by atoms with Gasteiger partial charge in [0, 0.05) is 10.4 Å². The summed E-state index contributed by atoms with van der Waals surface area (Å²) in [5.74, 6) is 1.46. The standard InChI is InChI=1S/C18H21NO3S/c1-11(14-10-13(21-2)7-8-15(14)22-3)19-18(20)17-9-12-5-4-6-16(12)23-17/h7-11H,4-6H2,1-3H3,(H,19,20)/t11-/m0/s1. The Morgan fingerprint density at radius 2 is 2.04 bits per heavy atom. The van der Waals surface area contributed by atoms with Gasteiger partial charge in [-0.15, -0.1) is 11.3 Å². The summed E-state index contributed by atoms with van der Waals surface area (Å²) in [6, 6.07) is 7.48. The van der Waals surface area contributed by atoms with E-state index in [1.54, 1.807) is 25.6 Å². The summed E-state index contributed by atoms with van der Waals surface area (Å²) in [6.07, 6.45) is 3.41. The first-order valence-corrected chi connectivity index (χ1v) is 8.58. The number of benzene rings is 1. The van der Waals surface area contributed by atoms with Crippen molar-refractivity contribution in [2.45, 2.75) is 32.2 Å². The fourth-order valence-corrected chi connectivity index (χ4v) is 4.12. The second-order valence-corrected chi connectivity index (χ2v) is 6.85. The first-order chi connectivity index (χ1) is 11.1. The summed E-state index contributed by atoms with van der Waals surface area (Å²) < 4.78 is 10.7. The molecule has 0 radical (unpaired) electrons. The first kappa shape index (κ1) is 15.9. The van der Waals surface area contributed by atoms with Crippen LogP contribution in [0, 0.1) is 0 Å². The second kappa shape index (κ2) is 6.62. The lowest BCUT2D eigenvalue weighted by atomic mass is 10.1. The van der Waals surface area contributed by atoms with Gasteiger partial charge in [0.1, 0.15) is 11.5 Å². The lowest BCUT2D eigenvalue weighted by Crippen LogP contribution is -2.26. The average Bonchev–Trinajstić information content (AvgIpc) is 3.15. The molecule has 1 aromatic carbocycles. The number of ether oxygens (including phenoxy) is 2. The molecular formula is C18H21NO3S. The summed E-state index contributed by atoms with van der Waals surface area (Å²) in [7, 11) is 3.26. The van der Waals surface area contributed by atoms with Crippen LogP contribution in [0.1, 0.15) is 45.1 Å². The average molecular weight is 331 g/mol. The molecule has 0 spiro atoms. The third kappa shape index (κ3) is 3.20. The molecule has 1 atom stereocenters. The minimum Gasteiger partial charge on any atom is -0.497 e. The summed E-state index contributed by atoms with van der Waals surface area (Å²) in [5, 5.41) is 3.06. The Morgan fingerprint density at radius 1 is 1.22 bits per heavy atom. The molecule has 1 N–H and O–H groups in total. The highest BCUT2D eigenvalue weighted by molar-refractivity contribution is 7.14. The molecule has 0 unspecified atom stereocenters. The second-order valence-electron chi connectivity index (χ2n) is 5.72. The van der Waals surface area contributed by atoms with E-state index >= 15 is 0 Å². The number of hydrogen-bond acceptors (Lipinski definition) is 4. The van der Waals surface area contributed by atoms with Gasteiger partial charge in [0.25, 0.3) is 5.91 Å². The molecule has 1 aliphatic rings. The lowest BCUT2D eigenvalue weighted by Gasteiger charge is -2.18. The number of nitrogens with one attached hydrogen (secondary N) is 1. The highest BCUT2D eigenvalue weighted by atomic mass is 32.1. The number of carbonyl (C=O) groups is 1. The highest BCUT2D eigenvalue weighted by Crippen LogP contribution is 2.32. The number of carbonyl (C=O) groups excluding carboxylic acids is 1. The Labute approximate surface area is 140 Å². The van der Waals surface area contributed by atoms with E-state index in [1.165, 1.54) is 16.9 Å². The zero-order chi connectivity index (χ0) is 16.4. The predicted octanol–water partition coefficient (Wildman–Crippen LogP) is 3.75. The van der Waals surface area contributed by atoms with Gasteiger partial charge in [0.2, 0.25) is 0 Å². The minimum atomic E-state index is -0.163. The van der Waals surface area contributed by atoms with Crippen LogP contribution in [0.3, 0.4) is 0 Å². The molecule has 23 heavy (non-hydrogen) atoms. The number of hydrogen-bond donors (Lipinski definition) is 1. The number of aryl methyl sites for hydroxylation is 2. The quantitative estimate of drug-likeness (QED) is 0.908. The van der Waals surface area contributed by atoms with E-state index in [1.807, 2.05) is 31.2 Å².